The van der Waals surface area contributed by atoms with E-state index >= 15 is 0 Å². The standard InChI is InChI=1S/C17H13Cl3N4/c18-7-8-22-24-16-10-21-17(12-3-1-2-4-14(12)20)13-9-11(19)5-6-15(13)23-16/h1-6,8-9H,7,10H2,(H,23,24). The number of hydrogen-bond acceptors (Lipinski definition) is 4. The van der Waals surface area contributed by atoms with Crippen molar-refractivity contribution in [2.45, 2.75) is 0 Å². The Kier molecular flexibility index (Phi) is 5.51. The lowest BCUT2D eigenvalue weighted by atomic mass is 10.0. The molecule has 0 atom stereocenters. The summed E-state index contributed by atoms with van der Waals surface area (Å²) in [5, 5.41) is 5.24. The van der Waals surface area contributed by atoms with Gasteiger partial charge < -0.3 is 0 Å². The van der Waals surface area contributed by atoms with Gasteiger partial charge in [-0.05, 0) is 24.3 Å². The van der Waals surface area contributed by atoms with Gasteiger partial charge in [-0.15, -0.1) is 11.6 Å². The number of nitrogens with one attached hydrogen (secondary N) is 1. The predicted octanol–water partition coefficient (Wildman–Crippen LogP) is 4.69. The van der Waals surface area contributed by atoms with Crippen LogP contribution in [0.3, 0.4) is 0 Å². The first-order valence-corrected chi connectivity index (χ1v) is 8.48. The zero-order valence-electron chi connectivity index (χ0n) is 12.5. The van der Waals surface area contributed by atoms with Gasteiger partial charge in [0, 0.05) is 27.4 Å². The molecule has 122 valence electrons. The first kappa shape index (κ1) is 17.0. The van der Waals surface area contributed by atoms with Crippen LogP contribution in [0.4, 0.5) is 5.69 Å². The fraction of sp³-hybridized carbons (Fsp3) is 0.118. The average molecular weight is 380 g/mol. The van der Waals surface area contributed by atoms with Gasteiger partial charge >= 0.3 is 0 Å². The molecule has 0 spiro atoms. The van der Waals surface area contributed by atoms with Crippen molar-refractivity contribution in [3.05, 3.63) is 63.6 Å². The maximum Gasteiger partial charge on any atom is 0.144 e. The van der Waals surface area contributed by atoms with Crippen molar-refractivity contribution in [3.63, 3.8) is 0 Å². The van der Waals surface area contributed by atoms with E-state index in [1.54, 1.807) is 12.3 Å². The maximum atomic E-state index is 6.35. The van der Waals surface area contributed by atoms with Crippen LogP contribution in [0.15, 0.2) is 57.6 Å². The minimum Gasteiger partial charge on any atom is -0.276 e. The van der Waals surface area contributed by atoms with Crippen molar-refractivity contribution < 1.29 is 0 Å². The van der Waals surface area contributed by atoms with E-state index in [4.69, 9.17) is 34.8 Å². The highest BCUT2D eigenvalue weighted by atomic mass is 35.5. The Bertz CT molecular complexity index is 843. The molecule has 0 fully saturated rings. The first-order valence-electron chi connectivity index (χ1n) is 7.19. The van der Waals surface area contributed by atoms with Crippen LogP contribution in [0.5, 0.6) is 0 Å². The van der Waals surface area contributed by atoms with Crippen molar-refractivity contribution in [2.24, 2.45) is 15.1 Å². The number of halogens is 3. The molecule has 4 nitrogen and oxygen atoms in total. The third-order valence-electron chi connectivity index (χ3n) is 3.34. The smallest absolute Gasteiger partial charge is 0.144 e. The van der Waals surface area contributed by atoms with Crippen molar-refractivity contribution in [2.75, 3.05) is 12.4 Å². The second-order valence-electron chi connectivity index (χ2n) is 4.94. The van der Waals surface area contributed by atoms with Gasteiger partial charge in [0.15, 0.2) is 0 Å². The lowest BCUT2D eigenvalue weighted by Crippen LogP contribution is -2.20. The summed E-state index contributed by atoms with van der Waals surface area (Å²) in [4.78, 5) is 9.26. The quantitative estimate of drug-likeness (QED) is 0.469. The van der Waals surface area contributed by atoms with E-state index in [2.05, 4.69) is 20.5 Å². The number of rotatable bonds is 3. The molecule has 0 saturated carbocycles. The topological polar surface area (TPSA) is 49.1 Å². The number of hydrogen-bond donors (Lipinski definition) is 1. The van der Waals surface area contributed by atoms with E-state index in [0.717, 1.165) is 22.5 Å². The second kappa shape index (κ2) is 7.79. The highest BCUT2D eigenvalue weighted by molar-refractivity contribution is 6.36. The number of amidine groups is 1. The van der Waals surface area contributed by atoms with Gasteiger partial charge in [0.1, 0.15) is 5.84 Å². The van der Waals surface area contributed by atoms with Crippen LogP contribution in [-0.4, -0.2) is 30.2 Å². The van der Waals surface area contributed by atoms with Crippen molar-refractivity contribution in [1.29, 1.82) is 0 Å². The molecule has 0 bridgehead atoms. The van der Waals surface area contributed by atoms with Crippen LogP contribution in [0.1, 0.15) is 11.1 Å². The largest absolute Gasteiger partial charge is 0.276 e. The Morgan fingerprint density at radius 1 is 1.12 bits per heavy atom. The number of alkyl halides is 1. The molecule has 1 heterocycles. The maximum absolute atomic E-state index is 6.35. The minimum absolute atomic E-state index is 0.320. The van der Waals surface area contributed by atoms with E-state index in [1.165, 1.54) is 0 Å². The summed E-state index contributed by atoms with van der Waals surface area (Å²) >= 11 is 18.1. The van der Waals surface area contributed by atoms with Gasteiger partial charge in [-0.2, -0.15) is 5.10 Å². The van der Waals surface area contributed by atoms with Gasteiger partial charge in [0.2, 0.25) is 0 Å². The van der Waals surface area contributed by atoms with Crippen LogP contribution >= 0.6 is 34.8 Å². The number of fused-ring (bicyclic) bond motifs is 1. The Labute approximate surface area is 154 Å². The molecule has 3 rings (SSSR count). The molecule has 0 aromatic heterocycles. The zero-order chi connectivity index (χ0) is 16.9. The molecule has 2 aromatic rings. The van der Waals surface area contributed by atoms with Crippen LogP contribution in [0.2, 0.25) is 10.0 Å². The molecular formula is C17H13Cl3N4. The first-order chi connectivity index (χ1) is 11.7. The summed E-state index contributed by atoms with van der Waals surface area (Å²) in [6.45, 7) is 0.340. The average Bonchev–Trinajstić information content (AvgIpc) is 2.75. The van der Waals surface area contributed by atoms with E-state index < -0.39 is 0 Å². The summed E-state index contributed by atoms with van der Waals surface area (Å²) < 4.78 is 0. The normalized spacial score (nSPS) is 14.0. The van der Waals surface area contributed by atoms with Gasteiger partial charge in [0.05, 0.1) is 23.8 Å². The number of aliphatic imine (C=N–C) groups is 2. The molecule has 24 heavy (non-hydrogen) atoms. The Hall–Kier alpha value is -1.88. The fourth-order valence-corrected chi connectivity index (χ4v) is 2.78. The molecule has 0 amide bonds. The monoisotopic (exact) mass is 378 g/mol. The highest BCUT2D eigenvalue weighted by Crippen LogP contribution is 2.30. The summed E-state index contributed by atoms with van der Waals surface area (Å²) in [5.41, 5.74) is 6.03. The molecule has 1 N–H and O–H groups in total. The molecular weight excluding hydrogens is 367 g/mol. The number of hydrazone groups is 1. The van der Waals surface area contributed by atoms with Gasteiger partial charge in [-0.25, -0.2) is 4.99 Å². The zero-order valence-corrected chi connectivity index (χ0v) is 14.8. The van der Waals surface area contributed by atoms with Crippen LogP contribution in [-0.2, 0) is 0 Å². The summed E-state index contributed by atoms with van der Waals surface area (Å²) in [6, 6.07) is 13.0. The molecule has 1 aliphatic rings. The summed E-state index contributed by atoms with van der Waals surface area (Å²) in [7, 11) is 0. The molecule has 0 unspecified atom stereocenters. The SMILES string of the molecule is ClCC=NNC1=Nc2ccc(Cl)cc2C(c2ccccc2Cl)=NC1. The summed E-state index contributed by atoms with van der Waals surface area (Å²) in [6.07, 6.45) is 1.55. The number of nitrogens with zero attached hydrogens (tertiary/aromatic N) is 3. The van der Waals surface area contributed by atoms with Crippen LogP contribution < -0.4 is 5.43 Å². The Balaban J connectivity index is 2.09. The third kappa shape index (κ3) is 3.78. The van der Waals surface area contributed by atoms with E-state index in [-0.39, 0.29) is 0 Å². The number of benzene rings is 2. The van der Waals surface area contributed by atoms with Gasteiger partial charge in [-0.1, -0.05) is 41.4 Å². The fourth-order valence-electron chi connectivity index (χ4n) is 2.31. The molecule has 0 saturated heterocycles. The van der Waals surface area contributed by atoms with Crippen molar-refractivity contribution in [1.82, 2.24) is 5.43 Å². The summed E-state index contributed by atoms with van der Waals surface area (Å²) in [5.74, 6) is 0.933. The lowest BCUT2D eigenvalue weighted by Gasteiger charge is -2.10. The Morgan fingerprint density at radius 2 is 1.96 bits per heavy atom. The molecule has 0 aliphatic carbocycles. The lowest BCUT2D eigenvalue weighted by molar-refractivity contribution is 0.997. The Morgan fingerprint density at radius 3 is 2.75 bits per heavy atom. The van der Waals surface area contributed by atoms with Gasteiger partial charge in [0.25, 0.3) is 0 Å². The van der Waals surface area contributed by atoms with Crippen molar-refractivity contribution in [3.8, 4) is 0 Å². The van der Waals surface area contributed by atoms with Gasteiger partial charge in [-0.3, -0.25) is 10.4 Å². The van der Waals surface area contributed by atoms with Crippen LogP contribution in [0.25, 0.3) is 0 Å². The highest BCUT2D eigenvalue weighted by Gasteiger charge is 2.18. The third-order valence-corrected chi connectivity index (χ3v) is 4.04. The second-order valence-corrected chi connectivity index (χ2v) is 6.09. The molecule has 2 aromatic carbocycles. The molecule has 0 radical (unpaired) electrons. The van der Waals surface area contributed by atoms with E-state index in [1.807, 2.05) is 36.4 Å². The predicted molar refractivity (Wildman–Crippen MR) is 103 cm³/mol. The van der Waals surface area contributed by atoms with Crippen LogP contribution in [0, 0.1) is 0 Å². The molecule has 1 aliphatic heterocycles. The van der Waals surface area contributed by atoms with E-state index in [9.17, 15) is 0 Å². The van der Waals surface area contributed by atoms with Crippen molar-refractivity contribution >= 4 is 58.3 Å². The van der Waals surface area contributed by atoms with E-state index in [0.29, 0.717) is 28.3 Å². The minimum atomic E-state index is 0.320. The molecule has 7 heteroatoms.